The third kappa shape index (κ3) is 3.00. The molecule has 1 aromatic heterocycles. The summed E-state index contributed by atoms with van der Waals surface area (Å²) in [5, 5.41) is 9.83. The van der Waals surface area contributed by atoms with Gasteiger partial charge in [0, 0.05) is 18.8 Å². The largest absolute Gasteiger partial charge is 0.506 e. The Labute approximate surface area is 109 Å². The van der Waals surface area contributed by atoms with Crippen molar-refractivity contribution < 1.29 is 5.11 Å². The number of piperidine rings is 1. The summed E-state index contributed by atoms with van der Waals surface area (Å²) in [6.07, 6.45) is 1.18. The van der Waals surface area contributed by atoms with Crippen LogP contribution in [0.5, 0.6) is 5.75 Å². The molecule has 1 aliphatic rings. The summed E-state index contributed by atoms with van der Waals surface area (Å²) in [4.78, 5) is 6.76. The summed E-state index contributed by atoms with van der Waals surface area (Å²) in [6.45, 7) is 7.75. The number of rotatable bonds is 3. The van der Waals surface area contributed by atoms with Gasteiger partial charge in [0.2, 0.25) is 0 Å². The lowest BCUT2D eigenvalue weighted by Gasteiger charge is -2.36. The maximum absolute atomic E-state index is 9.83. The quantitative estimate of drug-likeness (QED) is 0.852. The summed E-state index contributed by atoms with van der Waals surface area (Å²) in [5.41, 5.74) is 7.54. The summed E-state index contributed by atoms with van der Waals surface area (Å²) in [7, 11) is 0. The molecule has 2 rings (SSSR count). The molecule has 3 N–H and O–H groups in total. The summed E-state index contributed by atoms with van der Waals surface area (Å²) >= 11 is 0. The van der Waals surface area contributed by atoms with Gasteiger partial charge in [-0.15, -0.1) is 0 Å². The molecule has 2 heterocycles. The van der Waals surface area contributed by atoms with Crippen molar-refractivity contribution in [3.8, 4) is 5.75 Å². The van der Waals surface area contributed by atoms with Crippen molar-refractivity contribution in [2.75, 3.05) is 19.6 Å². The molecule has 1 aliphatic heterocycles. The predicted octanol–water partition coefficient (Wildman–Crippen LogP) is 1.51. The van der Waals surface area contributed by atoms with E-state index in [4.69, 9.17) is 5.73 Å². The molecule has 1 saturated heterocycles. The predicted molar refractivity (Wildman–Crippen MR) is 72.2 cm³/mol. The minimum atomic E-state index is 0.295. The standard InChI is InChI=1S/C14H23N3O/c1-10-5-6-17(8-12(10)7-15)9-13-14(18)4-3-11(2)16-13/h3-4,10,12,18H,5-9,15H2,1-2H3. The van der Waals surface area contributed by atoms with Crippen LogP contribution in [-0.4, -0.2) is 34.6 Å². The van der Waals surface area contributed by atoms with Crippen LogP contribution in [0, 0.1) is 18.8 Å². The minimum absolute atomic E-state index is 0.295. The van der Waals surface area contributed by atoms with Crippen molar-refractivity contribution in [3.63, 3.8) is 0 Å². The van der Waals surface area contributed by atoms with Crippen LogP contribution in [0.15, 0.2) is 12.1 Å². The fourth-order valence-corrected chi connectivity index (χ4v) is 2.61. The van der Waals surface area contributed by atoms with Gasteiger partial charge in [0.05, 0.1) is 5.69 Å². The van der Waals surface area contributed by atoms with Crippen LogP contribution in [0.3, 0.4) is 0 Å². The molecule has 1 fully saturated rings. The number of aromatic hydroxyl groups is 1. The molecule has 1 aromatic rings. The Morgan fingerprint density at radius 3 is 3.00 bits per heavy atom. The van der Waals surface area contributed by atoms with Gasteiger partial charge in [-0.05, 0) is 50.4 Å². The van der Waals surface area contributed by atoms with Crippen molar-refractivity contribution in [2.45, 2.75) is 26.8 Å². The van der Waals surface area contributed by atoms with Crippen molar-refractivity contribution >= 4 is 0 Å². The Morgan fingerprint density at radius 1 is 1.50 bits per heavy atom. The molecule has 0 spiro atoms. The number of aromatic nitrogens is 1. The van der Waals surface area contributed by atoms with E-state index in [-0.39, 0.29) is 0 Å². The average molecular weight is 249 g/mol. The van der Waals surface area contributed by atoms with Gasteiger partial charge in [-0.1, -0.05) is 6.92 Å². The zero-order chi connectivity index (χ0) is 13.1. The third-order valence-electron chi connectivity index (χ3n) is 3.96. The Kier molecular flexibility index (Phi) is 4.19. The van der Waals surface area contributed by atoms with Gasteiger partial charge in [0.15, 0.2) is 0 Å². The number of nitrogens with two attached hydrogens (primary N) is 1. The van der Waals surface area contributed by atoms with E-state index in [0.29, 0.717) is 17.6 Å². The second-order valence-corrected chi connectivity index (χ2v) is 5.42. The number of hydrogen-bond donors (Lipinski definition) is 2. The normalized spacial score (nSPS) is 25.3. The number of likely N-dealkylation sites (tertiary alicyclic amines) is 1. The Balaban J connectivity index is 2.03. The van der Waals surface area contributed by atoms with Crippen LogP contribution in [0.2, 0.25) is 0 Å². The van der Waals surface area contributed by atoms with Crippen LogP contribution in [-0.2, 0) is 6.54 Å². The van der Waals surface area contributed by atoms with E-state index in [2.05, 4.69) is 16.8 Å². The van der Waals surface area contributed by atoms with Crippen LogP contribution < -0.4 is 5.73 Å². The third-order valence-corrected chi connectivity index (χ3v) is 3.96. The van der Waals surface area contributed by atoms with Gasteiger partial charge in [0.25, 0.3) is 0 Å². The van der Waals surface area contributed by atoms with Crippen LogP contribution in [0.4, 0.5) is 0 Å². The van der Waals surface area contributed by atoms with E-state index >= 15 is 0 Å². The maximum Gasteiger partial charge on any atom is 0.138 e. The molecule has 0 bridgehead atoms. The summed E-state index contributed by atoms with van der Waals surface area (Å²) in [5.74, 6) is 1.56. The first-order chi connectivity index (χ1) is 8.60. The van der Waals surface area contributed by atoms with Crippen molar-refractivity contribution in [1.29, 1.82) is 0 Å². The van der Waals surface area contributed by atoms with Gasteiger partial charge in [-0.2, -0.15) is 0 Å². The minimum Gasteiger partial charge on any atom is -0.506 e. The SMILES string of the molecule is Cc1ccc(O)c(CN2CCC(C)C(CN)C2)n1. The molecule has 0 saturated carbocycles. The highest BCUT2D eigenvalue weighted by Crippen LogP contribution is 2.25. The van der Waals surface area contributed by atoms with Crippen molar-refractivity contribution in [1.82, 2.24) is 9.88 Å². The lowest BCUT2D eigenvalue weighted by atomic mass is 9.87. The molecule has 18 heavy (non-hydrogen) atoms. The van der Waals surface area contributed by atoms with Gasteiger partial charge in [0.1, 0.15) is 5.75 Å². The van der Waals surface area contributed by atoms with Crippen molar-refractivity contribution in [3.05, 3.63) is 23.5 Å². The lowest BCUT2D eigenvalue weighted by Crippen LogP contribution is -2.42. The molecule has 0 amide bonds. The smallest absolute Gasteiger partial charge is 0.138 e. The first kappa shape index (κ1) is 13.3. The molecule has 0 aromatic carbocycles. The van der Waals surface area contributed by atoms with E-state index in [0.717, 1.165) is 37.6 Å². The highest BCUT2D eigenvalue weighted by atomic mass is 16.3. The van der Waals surface area contributed by atoms with E-state index in [1.807, 2.05) is 13.0 Å². The van der Waals surface area contributed by atoms with Gasteiger partial charge >= 0.3 is 0 Å². The van der Waals surface area contributed by atoms with Crippen LogP contribution in [0.1, 0.15) is 24.7 Å². The molecule has 0 radical (unpaired) electrons. The second-order valence-electron chi connectivity index (χ2n) is 5.42. The van der Waals surface area contributed by atoms with Crippen LogP contribution >= 0.6 is 0 Å². The molecule has 2 atom stereocenters. The van der Waals surface area contributed by atoms with E-state index in [1.165, 1.54) is 6.42 Å². The lowest BCUT2D eigenvalue weighted by molar-refractivity contribution is 0.124. The molecule has 0 aliphatic carbocycles. The fraction of sp³-hybridized carbons (Fsp3) is 0.643. The van der Waals surface area contributed by atoms with E-state index in [9.17, 15) is 5.11 Å². The average Bonchev–Trinajstić information content (AvgIpc) is 2.36. The second kappa shape index (κ2) is 5.67. The zero-order valence-electron chi connectivity index (χ0n) is 11.3. The molecular weight excluding hydrogens is 226 g/mol. The van der Waals surface area contributed by atoms with E-state index < -0.39 is 0 Å². The van der Waals surface area contributed by atoms with Gasteiger partial charge < -0.3 is 10.8 Å². The fourth-order valence-electron chi connectivity index (χ4n) is 2.61. The van der Waals surface area contributed by atoms with Gasteiger partial charge in [-0.3, -0.25) is 9.88 Å². The Bertz CT molecular complexity index is 408. The highest BCUT2D eigenvalue weighted by Gasteiger charge is 2.25. The molecule has 2 unspecified atom stereocenters. The molecule has 100 valence electrons. The summed E-state index contributed by atoms with van der Waals surface area (Å²) in [6, 6.07) is 3.56. The number of aryl methyl sites for hydroxylation is 1. The van der Waals surface area contributed by atoms with Crippen LogP contribution in [0.25, 0.3) is 0 Å². The van der Waals surface area contributed by atoms with Gasteiger partial charge in [-0.25, -0.2) is 0 Å². The highest BCUT2D eigenvalue weighted by molar-refractivity contribution is 5.27. The van der Waals surface area contributed by atoms with Crippen molar-refractivity contribution in [2.24, 2.45) is 17.6 Å². The molecular formula is C14H23N3O. The zero-order valence-corrected chi connectivity index (χ0v) is 11.3. The molecule has 4 nitrogen and oxygen atoms in total. The number of hydrogen-bond acceptors (Lipinski definition) is 4. The topological polar surface area (TPSA) is 62.4 Å². The Morgan fingerprint density at radius 2 is 2.28 bits per heavy atom. The van der Waals surface area contributed by atoms with E-state index in [1.54, 1.807) is 6.07 Å². The Hall–Kier alpha value is -1.13. The summed E-state index contributed by atoms with van der Waals surface area (Å²) < 4.78 is 0. The molecule has 4 heteroatoms. The first-order valence-electron chi connectivity index (χ1n) is 6.68. The number of pyridine rings is 1. The maximum atomic E-state index is 9.83. The monoisotopic (exact) mass is 249 g/mol. The first-order valence-corrected chi connectivity index (χ1v) is 6.68. The number of nitrogens with zero attached hydrogens (tertiary/aromatic N) is 2.